The van der Waals surface area contributed by atoms with Crippen molar-refractivity contribution in [3.8, 4) is 5.75 Å². The largest absolute Gasteiger partial charge is 0.496 e. The van der Waals surface area contributed by atoms with Gasteiger partial charge in [-0.3, -0.25) is 0 Å². The number of ether oxygens (including phenoxy) is 1. The topological polar surface area (TPSA) is 46.6 Å². The van der Waals surface area contributed by atoms with E-state index in [2.05, 4.69) is 20.8 Å². The van der Waals surface area contributed by atoms with Gasteiger partial charge in [-0.2, -0.15) is 4.31 Å². The van der Waals surface area contributed by atoms with Crippen molar-refractivity contribution in [2.24, 2.45) is 0 Å². The number of aryl methyl sites for hydroxylation is 1. The SMILES string of the molecule is COc1cc(C)c(S(=O)(=O)N2CCCC2)cc1C(C)(C)C. The Hall–Kier alpha value is -1.07. The number of sulfonamides is 1. The Morgan fingerprint density at radius 3 is 2.19 bits per heavy atom. The fourth-order valence-corrected chi connectivity index (χ4v) is 4.51. The molecule has 0 atom stereocenters. The van der Waals surface area contributed by atoms with Gasteiger partial charge in [0.1, 0.15) is 5.75 Å². The minimum atomic E-state index is -3.40. The van der Waals surface area contributed by atoms with Crippen LogP contribution in [0.1, 0.15) is 44.7 Å². The van der Waals surface area contributed by atoms with Crippen LogP contribution in [0.25, 0.3) is 0 Å². The minimum absolute atomic E-state index is 0.172. The summed E-state index contributed by atoms with van der Waals surface area (Å²) in [4.78, 5) is 0.412. The third-order valence-corrected chi connectivity index (χ3v) is 6.03. The molecule has 0 saturated carbocycles. The van der Waals surface area contributed by atoms with Crippen molar-refractivity contribution in [3.05, 3.63) is 23.3 Å². The van der Waals surface area contributed by atoms with Crippen LogP contribution in [0.3, 0.4) is 0 Å². The van der Waals surface area contributed by atoms with Gasteiger partial charge in [0.05, 0.1) is 12.0 Å². The first-order valence-electron chi connectivity index (χ1n) is 7.37. The van der Waals surface area contributed by atoms with Crippen molar-refractivity contribution in [3.63, 3.8) is 0 Å². The van der Waals surface area contributed by atoms with Gasteiger partial charge in [0.25, 0.3) is 0 Å². The molecule has 21 heavy (non-hydrogen) atoms. The van der Waals surface area contributed by atoms with Crippen LogP contribution in [0, 0.1) is 6.92 Å². The molecule has 0 unspecified atom stereocenters. The zero-order chi connectivity index (χ0) is 15.8. The van der Waals surface area contributed by atoms with E-state index in [-0.39, 0.29) is 5.41 Å². The van der Waals surface area contributed by atoms with E-state index >= 15 is 0 Å². The normalized spacial score (nSPS) is 17.2. The van der Waals surface area contributed by atoms with Crippen LogP contribution < -0.4 is 4.74 Å². The van der Waals surface area contributed by atoms with Crippen molar-refractivity contribution in [1.82, 2.24) is 4.31 Å². The highest BCUT2D eigenvalue weighted by molar-refractivity contribution is 7.89. The highest BCUT2D eigenvalue weighted by atomic mass is 32.2. The van der Waals surface area contributed by atoms with Gasteiger partial charge in [-0.15, -0.1) is 0 Å². The predicted octanol–water partition coefficient (Wildman–Crippen LogP) is 3.09. The zero-order valence-electron chi connectivity index (χ0n) is 13.6. The summed E-state index contributed by atoms with van der Waals surface area (Å²) in [6.07, 6.45) is 1.89. The highest BCUT2D eigenvalue weighted by Crippen LogP contribution is 2.36. The van der Waals surface area contributed by atoms with Gasteiger partial charge in [0.15, 0.2) is 0 Å². The molecule has 0 bridgehead atoms. The molecule has 1 aromatic rings. The Bertz CT molecular complexity index is 624. The molecule has 118 valence electrons. The molecule has 4 nitrogen and oxygen atoms in total. The van der Waals surface area contributed by atoms with Crippen LogP contribution in [-0.4, -0.2) is 32.9 Å². The van der Waals surface area contributed by atoms with Crippen molar-refractivity contribution < 1.29 is 13.2 Å². The van der Waals surface area contributed by atoms with Crippen molar-refractivity contribution in [1.29, 1.82) is 0 Å². The van der Waals surface area contributed by atoms with Crippen molar-refractivity contribution in [2.75, 3.05) is 20.2 Å². The molecular formula is C16H25NO3S. The monoisotopic (exact) mass is 311 g/mol. The lowest BCUT2D eigenvalue weighted by atomic mass is 9.86. The Morgan fingerprint density at radius 2 is 1.71 bits per heavy atom. The summed E-state index contributed by atoms with van der Waals surface area (Å²) >= 11 is 0. The first kappa shape index (κ1) is 16.3. The standard InChI is InChI=1S/C16H25NO3S/c1-12-10-14(20-5)13(16(2,3)4)11-15(12)21(18,19)17-8-6-7-9-17/h10-11H,6-9H2,1-5H3. The van der Waals surface area contributed by atoms with Crippen LogP contribution in [0.2, 0.25) is 0 Å². The summed E-state index contributed by atoms with van der Waals surface area (Å²) in [5.41, 5.74) is 1.49. The molecule has 0 N–H and O–H groups in total. The van der Waals surface area contributed by atoms with Gasteiger partial charge >= 0.3 is 0 Å². The molecule has 5 heteroatoms. The van der Waals surface area contributed by atoms with E-state index in [1.54, 1.807) is 17.5 Å². The number of rotatable bonds is 3. The molecule has 1 heterocycles. The second-order valence-electron chi connectivity index (χ2n) is 6.68. The lowest BCUT2D eigenvalue weighted by molar-refractivity contribution is 0.396. The maximum Gasteiger partial charge on any atom is 0.243 e. The lowest BCUT2D eigenvalue weighted by Crippen LogP contribution is -2.29. The summed E-state index contributed by atoms with van der Waals surface area (Å²) in [5.74, 6) is 0.750. The van der Waals surface area contributed by atoms with Crippen LogP contribution in [0.4, 0.5) is 0 Å². The quantitative estimate of drug-likeness (QED) is 0.862. The van der Waals surface area contributed by atoms with Gasteiger partial charge in [-0.25, -0.2) is 8.42 Å². The second kappa shape index (κ2) is 5.61. The van der Waals surface area contributed by atoms with Crippen LogP contribution >= 0.6 is 0 Å². The Balaban J connectivity index is 2.59. The Kier molecular flexibility index (Phi) is 4.36. The molecule has 1 aliphatic rings. The smallest absolute Gasteiger partial charge is 0.243 e. The van der Waals surface area contributed by atoms with Gasteiger partial charge in [-0.05, 0) is 42.9 Å². The number of hydrogen-bond donors (Lipinski definition) is 0. The van der Waals surface area contributed by atoms with Gasteiger partial charge < -0.3 is 4.74 Å². The molecule has 1 aromatic carbocycles. The molecule has 0 aromatic heterocycles. The summed E-state index contributed by atoms with van der Waals surface area (Å²) in [7, 11) is -1.78. The summed E-state index contributed by atoms with van der Waals surface area (Å²) < 4.78 is 32.7. The first-order chi connectivity index (χ1) is 9.67. The molecule has 2 rings (SSSR count). The van der Waals surface area contributed by atoms with Crippen LogP contribution in [-0.2, 0) is 15.4 Å². The van der Waals surface area contributed by atoms with Gasteiger partial charge in [0.2, 0.25) is 10.0 Å². The number of methoxy groups -OCH3 is 1. The second-order valence-corrected chi connectivity index (χ2v) is 8.59. The van der Waals surface area contributed by atoms with Crippen LogP contribution in [0.15, 0.2) is 17.0 Å². The van der Waals surface area contributed by atoms with Crippen LogP contribution in [0.5, 0.6) is 5.75 Å². The fraction of sp³-hybridized carbons (Fsp3) is 0.625. The molecule has 0 radical (unpaired) electrons. The van der Waals surface area contributed by atoms with Gasteiger partial charge in [-0.1, -0.05) is 20.8 Å². The van der Waals surface area contributed by atoms with Gasteiger partial charge in [0, 0.05) is 18.7 Å². The first-order valence-corrected chi connectivity index (χ1v) is 8.81. The van der Waals surface area contributed by atoms with E-state index in [0.29, 0.717) is 18.0 Å². The Morgan fingerprint density at radius 1 is 1.14 bits per heavy atom. The molecule has 0 spiro atoms. The van der Waals surface area contributed by atoms with Crippen molar-refractivity contribution >= 4 is 10.0 Å². The molecular weight excluding hydrogens is 286 g/mol. The molecule has 0 amide bonds. The van der Waals surface area contributed by atoms with E-state index in [1.807, 2.05) is 13.0 Å². The van der Waals surface area contributed by atoms with E-state index in [4.69, 9.17) is 4.74 Å². The molecule has 1 aliphatic heterocycles. The third-order valence-electron chi connectivity index (χ3n) is 3.99. The predicted molar refractivity (Wildman–Crippen MR) is 84.4 cm³/mol. The van der Waals surface area contributed by atoms with E-state index in [9.17, 15) is 8.42 Å². The number of hydrogen-bond acceptors (Lipinski definition) is 3. The molecule has 1 saturated heterocycles. The average molecular weight is 311 g/mol. The summed E-state index contributed by atoms with van der Waals surface area (Å²) in [6.45, 7) is 9.26. The van der Waals surface area contributed by atoms with E-state index in [1.165, 1.54) is 0 Å². The van der Waals surface area contributed by atoms with E-state index < -0.39 is 10.0 Å². The highest BCUT2D eigenvalue weighted by Gasteiger charge is 2.31. The third kappa shape index (κ3) is 3.09. The van der Waals surface area contributed by atoms with Crippen molar-refractivity contribution in [2.45, 2.75) is 50.8 Å². The zero-order valence-corrected chi connectivity index (χ0v) is 14.4. The summed E-state index contributed by atoms with van der Waals surface area (Å²) in [6, 6.07) is 3.63. The fourth-order valence-electron chi connectivity index (χ4n) is 2.76. The lowest BCUT2D eigenvalue weighted by Gasteiger charge is -2.25. The number of benzene rings is 1. The Labute approximate surface area is 128 Å². The molecule has 1 fully saturated rings. The maximum absolute atomic E-state index is 12.8. The minimum Gasteiger partial charge on any atom is -0.496 e. The molecule has 0 aliphatic carbocycles. The average Bonchev–Trinajstić information content (AvgIpc) is 2.91. The number of nitrogens with zero attached hydrogens (tertiary/aromatic N) is 1. The summed E-state index contributed by atoms with van der Waals surface area (Å²) in [5, 5.41) is 0. The maximum atomic E-state index is 12.8. The van der Waals surface area contributed by atoms with E-state index in [0.717, 1.165) is 29.7 Å².